The van der Waals surface area contributed by atoms with Gasteiger partial charge >= 0.3 is 5.97 Å². The first-order chi connectivity index (χ1) is 11.5. The second kappa shape index (κ2) is 8.64. The van der Waals surface area contributed by atoms with Gasteiger partial charge in [0.1, 0.15) is 5.69 Å². The number of benzene rings is 1. The molecule has 5 nitrogen and oxygen atoms in total. The van der Waals surface area contributed by atoms with Crippen LogP contribution < -0.4 is 4.90 Å². The fraction of sp³-hybridized carbons (Fsp3) is 0.389. The molecule has 1 aromatic heterocycles. The topological polar surface area (TPSA) is 66.3 Å². The summed E-state index contributed by atoms with van der Waals surface area (Å²) < 4.78 is 0. The molecule has 1 aromatic carbocycles. The summed E-state index contributed by atoms with van der Waals surface area (Å²) in [4.78, 5) is 21.9. The first kappa shape index (κ1) is 18.2. The molecule has 1 N–H and O–H groups in total. The van der Waals surface area contributed by atoms with Crippen LogP contribution in [0.5, 0.6) is 0 Å². The van der Waals surface area contributed by atoms with Crippen LogP contribution in [-0.4, -0.2) is 34.6 Å². The van der Waals surface area contributed by atoms with E-state index >= 15 is 0 Å². The Bertz CT molecular complexity index is 689. The maximum absolute atomic E-state index is 11.2. The normalized spacial score (nSPS) is 10.6. The van der Waals surface area contributed by atoms with Crippen molar-refractivity contribution in [1.82, 2.24) is 9.97 Å². The molecule has 0 atom stereocenters. The van der Waals surface area contributed by atoms with E-state index in [-0.39, 0.29) is 5.69 Å². The Morgan fingerprint density at radius 1 is 1.21 bits per heavy atom. The van der Waals surface area contributed by atoms with Gasteiger partial charge in [-0.2, -0.15) is 0 Å². The van der Waals surface area contributed by atoms with Crippen molar-refractivity contribution in [2.24, 2.45) is 0 Å². The van der Waals surface area contributed by atoms with Crippen molar-refractivity contribution in [2.45, 2.75) is 32.6 Å². The molecule has 6 heteroatoms. The van der Waals surface area contributed by atoms with Crippen LogP contribution in [-0.2, 0) is 0 Å². The molecule has 2 rings (SSSR count). The molecule has 0 saturated carbocycles. The van der Waals surface area contributed by atoms with Crippen molar-refractivity contribution in [3.8, 4) is 11.3 Å². The van der Waals surface area contributed by atoms with E-state index in [9.17, 15) is 9.90 Å². The molecule has 0 aliphatic heterocycles. The van der Waals surface area contributed by atoms with Crippen molar-refractivity contribution >= 4 is 23.4 Å². The Balaban J connectivity index is 2.32. The van der Waals surface area contributed by atoms with Gasteiger partial charge in [-0.15, -0.1) is 0 Å². The number of halogens is 1. The van der Waals surface area contributed by atoms with E-state index in [2.05, 4.69) is 16.9 Å². The molecule has 2 aromatic rings. The van der Waals surface area contributed by atoms with Gasteiger partial charge in [0.2, 0.25) is 0 Å². The number of hydrogen-bond acceptors (Lipinski definition) is 4. The number of carbonyl (C=O) groups is 1. The van der Waals surface area contributed by atoms with E-state index in [4.69, 9.17) is 11.6 Å². The highest BCUT2D eigenvalue weighted by Crippen LogP contribution is 2.28. The maximum atomic E-state index is 11.2. The minimum Gasteiger partial charge on any atom is -0.476 e. The molecule has 24 heavy (non-hydrogen) atoms. The second-order valence-corrected chi connectivity index (χ2v) is 6.16. The summed E-state index contributed by atoms with van der Waals surface area (Å²) in [7, 11) is 1.95. The standard InChI is InChI=1S/C18H22ClN3O2/c1-3-4-5-6-11-22(2)17-16(13-7-9-14(19)10-8-13)21-15(12-20-17)18(23)24/h7-10,12H,3-6,11H2,1-2H3,(H,23,24). The summed E-state index contributed by atoms with van der Waals surface area (Å²) in [5.41, 5.74) is 1.29. The summed E-state index contributed by atoms with van der Waals surface area (Å²) in [6.45, 7) is 3.03. The lowest BCUT2D eigenvalue weighted by molar-refractivity contribution is 0.0690. The van der Waals surface area contributed by atoms with Crippen molar-refractivity contribution in [3.05, 3.63) is 41.2 Å². The van der Waals surface area contributed by atoms with E-state index in [1.807, 2.05) is 24.1 Å². The minimum atomic E-state index is -1.09. The smallest absolute Gasteiger partial charge is 0.356 e. The van der Waals surface area contributed by atoms with Crippen LogP contribution in [0.15, 0.2) is 30.5 Å². The largest absolute Gasteiger partial charge is 0.476 e. The third kappa shape index (κ3) is 4.68. The Labute approximate surface area is 147 Å². The minimum absolute atomic E-state index is 0.0666. The van der Waals surface area contributed by atoms with Gasteiger partial charge in [0.15, 0.2) is 11.5 Å². The molecule has 0 bridgehead atoms. The van der Waals surface area contributed by atoms with Gasteiger partial charge < -0.3 is 10.0 Å². The molecule has 0 radical (unpaired) electrons. The monoisotopic (exact) mass is 347 g/mol. The molecule has 0 spiro atoms. The zero-order chi connectivity index (χ0) is 17.5. The lowest BCUT2D eigenvalue weighted by Crippen LogP contribution is -2.21. The van der Waals surface area contributed by atoms with E-state index in [1.54, 1.807) is 12.1 Å². The van der Waals surface area contributed by atoms with Crippen molar-refractivity contribution in [1.29, 1.82) is 0 Å². The first-order valence-corrected chi connectivity index (χ1v) is 8.48. The van der Waals surface area contributed by atoms with Gasteiger partial charge in [0, 0.05) is 24.2 Å². The van der Waals surface area contributed by atoms with Gasteiger partial charge in [-0.3, -0.25) is 0 Å². The van der Waals surface area contributed by atoms with Gasteiger partial charge in [-0.05, 0) is 18.6 Å². The molecule has 0 aliphatic rings. The molecule has 0 saturated heterocycles. The number of aromatic nitrogens is 2. The number of carboxylic acid groups (broad SMARTS) is 1. The Kier molecular flexibility index (Phi) is 6.55. The number of carboxylic acids is 1. The van der Waals surface area contributed by atoms with Crippen molar-refractivity contribution in [2.75, 3.05) is 18.5 Å². The lowest BCUT2D eigenvalue weighted by Gasteiger charge is -2.21. The number of unbranched alkanes of at least 4 members (excludes halogenated alkanes) is 3. The molecular weight excluding hydrogens is 326 g/mol. The third-order valence-electron chi connectivity index (χ3n) is 3.80. The van der Waals surface area contributed by atoms with E-state index in [1.165, 1.54) is 19.0 Å². The van der Waals surface area contributed by atoms with Crippen LogP contribution in [0.4, 0.5) is 5.82 Å². The summed E-state index contributed by atoms with van der Waals surface area (Å²) in [6, 6.07) is 7.17. The predicted octanol–water partition coefficient (Wildman–Crippen LogP) is 4.51. The molecule has 0 aliphatic carbocycles. The van der Waals surface area contributed by atoms with Crippen molar-refractivity contribution < 1.29 is 9.90 Å². The fourth-order valence-corrected chi connectivity index (χ4v) is 2.57. The van der Waals surface area contributed by atoms with Crippen LogP contribution in [0.2, 0.25) is 5.02 Å². The molecular formula is C18H22ClN3O2. The van der Waals surface area contributed by atoms with Crippen LogP contribution >= 0.6 is 11.6 Å². The van der Waals surface area contributed by atoms with Gasteiger partial charge in [0.05, 0.1) is 6.20 Å². The summed E-state index contributed by atoms with van der Waals surface area (Å²) in [6.07, 6.45) is 5.93. The zero-order valence-electron chi connectivity index (χ0n) is 14.0. The van der Waals surface area contributed by atoms with Gasteiger partial charge in [-0.25, -0.2) is 14.8 Å². The Hall–Kier alpha value is -2.14. The average molecular weight is 348 g/mol. The number of hydrogen-bond donors (Lipinski definition) is 1. The van der Waals surface area contributed by atoms with Crippen LogP contribution in [0, 0.1) is 0 Å². The predicted molar refractivity (Wildman–Crippen MR) is 96.8 cm³/mol. The van der Waals surface area contributed by atoms with Gasteiger partial charge in [-0.1, -0.05) is 49.9 Å². The van der Waals surface area contributed by atoms with Gasteiger partial charge in [0.25, 0.3) is 0 Å². The molecule has 128 valence electrons. The molecule has 1 heterocycles. The second-order valence-electron chi connectivity index (χ2n) is 5.72. The number of anilines is 1. The summed E-state index contributed by atoms with van der Waals surface area (Å²) >= 11 is 5.94. The van der Waals surface area contributed by atoms with Crippen LogP contribution in [0.25, 0.3) is 11.3 Å². The number of aromatic carboxylic acids is 1. The number of nitrogens with zero attached hydrogens (tertiary/aromatic N) is 3. The SMILES string of the molecule is CCCCCCN(C)c1ncc(C(=O)O)nc1-c1ccc(Cl)cc1. The van der Waals surface area contributed by atoms with E-state index in [0.717, 1.165) is 24.9 Å². The van der Waals surface area contributed by atoms with Crippen LogP contribution in [0.3, 0.4) is 0 Å². The Morgan fingerprint density at radius 2 is 1.92 bits per heavy atom. The fourth-order valence-electron chi connectivity index (χ4n) is 2.45. The number of rotatable bonds is 8. The highest BCUT2D eigenvalue weighted by molar-refractivity contribution is 6.30. The zero-order valence-corrected chi connectivity index (χ0v) is 14.8. The third-order valence-corrected chi connectivity index (χ3v) is 4.05. The first-order valence-electron chi connectivity index (χ1n) is 8.10. The Morgan fingerprint density at radius 3 is 2.54 bits per heavy atom. The molecule has 0 fully saturated rings. The van der Waals surface area contributed by atoms with E-state index < -0.39 is 5.97 Å². The quantitative estimate of drug-likeness (QED) is 0.711. The highest BCUT2D eigenvalue weighted by Gasteiger charge is 2.16. The lowest BCUT2D eigenvalue weighted by atomic mass is 10.1. The average Bonchev–Trinajstić information content (AvgIpc) is 2.58. The van der Waals surface area contributed by atoms with Crippen molar-refractivity contribution in [3.63, 3.8) is 0 Å². The maximum Gasteiger partial charge on any atom is 0.356 e. The molecule has 0 unspecified atom stereocenters. The molecule has 0 amide bonds. The highest BCUT2D eigenvalue weighted by atomic mass is 35.5. The summed E-state index contributed by atoms with van der Waals surface area (Å²) in [5.74, 6) is -0.409. The van der Waals surface area contributed by atoms with Crippen LogP contribution in [0.1, 0.15) is 43.1 Å². The van der Waals surface area contributed by atoms with E-state index in [0.29, 0.717) is 16.5 Å². The summed E-state index contributed by atoms with van der Waals surface area (Å²) in [5, 5.41) is 9.81.